The highest BCUT2D eigenvalue weighted by molar-refractivity contribution is 5.78. The van der Waals surface area contributed by atoms with Crippen LogP contribution in [0, 0.1) is 0 Å². The number of benzene rings is 2. The Hall–Kier alpha value is -2.49. The second-order valence-corrected chi connectivity index (χ2v) is 7.57. The smallest absolute Gasteiger partial charge is 0.222 e. The number of para-hydroxylation sites is 1. The summed E-state index contributed by atoms with van der Waals surface area (Å²) in [5, 5.41) is 0. The molecule has 2 aromatic rings. The zero-order chi connectivity index (χ0) is 18.6. The number of hydrogen-bond donors (Lipinski definition) is 0. The summed E-state index contributed by atoms with van der Waals surface area (Å²) in [6, 6.07) is 17.1. The maximum Gasteiger partial charge on any atom is 0.222 e. The van der Waals surface area contributed by atoms with Crippen LogP contribution in [0.5, 0.6) is 5.75 Å². The molecule has 27 heavy (non-hydrogen) atoms. The average Bonchev–Trinajstić information content (AvgIpc) is 3.28. The van der Waals surface area contributed by atoms with Gasteiger partial charge in [0.25, 0.3) is 0 Å². The Kier molecular flexibility index (Phi) is 5.33. The lowest BCUT2D eigenvalue weighted by Gasteiger charge is -2.21. The van der Waals surface area contributed by atoms with Crippen molar-refractivity contribution >= 4 is 11.6 Å². The number of fused-ring (bicyclic) bond motifs is 1. The molecule has 0 aromatic heterocycles. The second-order valence-electron chi connectivity index (χ2n) is 7.57. The molecule has 1 amide bonds. The number of ether oxygens (including phenoxy) is 1. The van der Waals surface area contributed by atoms with Crippen molar-refractivity contribution in [2.45, 2.75) is 31.6 Å². The molecular formula is C23H28N2O2. The van der Waals surface area contributed by atoms with E-state index >= 15 is 0 Å². The largest absolute Gasteiger partial charge is 0.497 e. The van der Waals surface area contributed by atoms with E-state index in [4.69, 9.17) is 4.74 Å². The number of nitrogens with zero attached hydrogens (tertiary/aromatic N) is 2. The topological polar surface area (TPSA) is 32.8 Å². The molecule has 0 radical (unpaired) electrons. The van der Waals surface area contributed by atoms with E-state index in [1.54, 1.807) is 7.11 Å². The first-order chi connectivity index (χ1) is 13.2. The third kappa shape index (κ3) is 3.95. The van der Waals surface area contributed by atoms with Crippen LogP contribution in [0.25, 0.3) is 0 Å². The normalized spacial score (nSPS) is 18.9. The monoisotopic (exact) mass is 364 g/mol. The summed E-state index contributed by atoms with van der Waals surface area (Å²) in [5.74, 6) is 1.75. The summed E-state index contributed by atoms with van der Waals surface area (Å²) in [6.07, 6.45) is 3.83. The molecule has 4 rings (SSSR count). The summed E-state index contributed by atoms with van der Waals surface area (Å²) in [6.45, 7) is 3.90. The van der Waals surface area contributed by atoms with E-state index in [-0.39, 0.29) is 0 Å². The van der Waals surface area contributed by atoms with Crippen molar-refractivity contribution in [1.82, 2.24) is 4.90 Å². The Bertz CT molecular complexity index is 787. The van der Waals surface area contributed by atoms with E-state index in [2.05, 4.69) is 41.3 Å². The van der Waals surface area contributed by atoms with Crippen molar-refractivity contribution in [3.05, 3.63) is 59.7 Å². The van der Waals surface area contributed by atoms with Gasteiger partial charge in [-0.3, -0.25) is 4.79 Å². The fourth-order valence-electron chi connectivity index (χ4n) is 4.35. The highest BCUT2D eigenvalue weighted by Crippen LogP contribution is 2.38. The van der Waals surface area contributed by atoms with Crippen molar-refractivity contribution in [2.75, 3.05) is 38.2 Å². The lowest BCUT2D eigenvalue weighted by atomic mass is 9.98. The summed E-state index contributed by atoms with van der Waals surface area (Å²) in [7, 11) is 1.70. The molecule has 0 saturated carbocycles. The number of methoxy groups -OCH3 is 1. The molecule has 2 aliphatic rings. The molecule has 1 atom stereocenters. The quantitative estimate of drug-likeness (QED) is 0.748. The highest BCUT2D eigenvalue weighted by Gasteiger charge is 2.29. The van der Waals surface area contributed by atoms with Crippen LogP contribution in [0.2, 0.25) is 0 Å². The van der Waals surface area contributed by atoms with Crippen LogP contribution in [0.1, 0.15) is 36.3 Å². The Morgan fingerprint density at radius 1 is 1.04 bits per heavy atom. The van der Waals surface area contributed by atoms with Gasteiger partial charge < -0.3 is 14.5 Å². The maximum atomic E-state index is 11.9. The maximum absolute atomic E-state index is 11.9. The minimum Gasteiger partial charge on any atom is -0.497 e. The second kappa shape index (κ2) is 8.03. The molecule has 1 fully saturated rings. The highest BCUT2D eigenvalue weighted by atomic mass is 16.5. The van der Waals surface area contributed by atoms with Crippen molar-refractivity contribution < 1.29 is 9.53 Å². The van der Waals surface area contributed by atoms with Crippen LogP contribution in [-0.2, 0) is 11.2 Å². The van der Waals surface area contributed by atoms with Gasteiger partial charge in [0.2, 0.25) is 5.91 Å². The molecule has 0 aliphatic carbocycles. The van der Waals surface area contributed by atoms with Crippen LogP contribution in [0.3, 0.4) is 0 Å². The van der Waals surface area contributed by atoms with Gasteiger partial charge in [-0.2, -0.15) is 0 Å². The van der Waals surface area contributed by atoms with Crippen molar-refractivity contribution in [3.8, 4) is 5.75 Å². The molecule has 2 heterocycles. The fraction of sp³-hybridized carbons (Fsp3) is 0.435. The summed E-state index contributed by atoms with van der Waals surface area (Å²) < 4.78 is 5.25. The van der Waals surface area contributed by atoms with Gasteiger partial charge in [0.1, 0.15) is 5.75 Å². The van der Waals surface area contributed by atoms with Gasteiger partial charge in [-0.05, 0) is 48.6 Å². The number of carbonyl (C=O) groups excluding carboxylic acids is 1. The van der Waals surface area contributed by atoms with Crippen LogP contribution >= 0.6 is 0 Å². The van der Waals surface area contributed by atoms with E-state index < -0.39 is 0 Å². The Morgan fingerprint density at radius 2 is 1.85 bits per heavy atom. The first-order valence-electron chi connectivity index (χ1n) is 9.99. The number of anilines is 1. The molecule has 142 valence electrons. The Labute approximate surface area is 161 Å². The molecule has 1 unspecified atom stereocenters. The van der Waals surface area contributed by atoms with E-state index in [9.17, 15) is 4.79 Å². The van der Waals surface area contributed by atoms with E-state index in [1.165, 1.54) is 16.8 Å². The van der Waals surface area contributed by atoms with Crippen LogP contribution in [-0.4, -0.2) is 44.1 Å². The van der Waals surface area contributed by atoms with Crippen molar-refractivity contribution in [2.24, 2.45) is 0 Å². The number of likely N-dealkylation sites (tertiary alicyclic amines) is 1. The van der Waals surface area contributed by atoms with Gasteiger partial charge in [-0.1, -0.05) is 30.3 Å². The average molecular weight is 364 g/mol. The van der Waals surface area contributed by atoms with Gasteiger partial charge in [-0.15, -0.1) is 0 Å². The SMILES string of the molecule is COc1ccc(CCN2CC(CCN3CCCC3=O)c3ccccc32)cc1. The molecule has 4 heteroatoms. The van der Waals surface area contributed by atoms with Gasteiger partial charge in [-0.25, -0.2) is 0 Å². The lowest BCUT2D eigenvalue weighted by molar-refractivity contribution is -0.127. The van der Waals surface area contributed by atoms with Crippen LogP contribution < -0.4 is 9.64 Å². The van der Waals surface area contributed by atoms with Crippen LogP contribution in [0.4, 0.5) is 5.69 Å². The number of carbonyl (C=O) groups is 1. The van der Waals surface area contributed by atoms with E-state index in [0.29, 0.717) is 11.8 Å². The Balaban J connectivity index is 1.39. The lowest BCUT2D eigenvalue weighted by Crippen LogP contribution is -2.28. The minimum atomic E-state index is 0.331. The predicted octanol–water partition coefficient (Wildman–Crippen LogP) is 3.85. The number of hydrogen-bond acceptors (Lipinski definition) is 3. The van der Waals surface area contributed by atoms with Gasteiger partial charge >= 0.3 is 0 Å². The van der Waals surface area contributed by atoms with Crippen LogP contribution in [0.15, 0.2) is 48.5 Å². The predicted molar refractivity (Wildman–Crippen MR) is 109 cm³/mol. The zero-order valence-electron chi connectivity index (χ0n) is 16.1. The summed E-state index contributed by atoms with van der Waals surface area (Å²) in [5.41, 5.74) is 4.14. The Morgan fingerprint density at radius 3 is 2.59 bits per heavy atom. The molecule has 0 spiro atoms. The zero-order valence-corrected chi connectivity index (χ0v) is 16.1. The first kappa shape index (κ1) is 17.9. The molecular weight excluding hydrogens is 336 g/mol. The standard InChI is InChI=1S/C23H28N2O2/c1-27-20-10-8-18(9-11-20)12-15-25-17-19(21-5-2-3-6-22(21)25)13-16-24-14-4-7-23(24)26/h2-3,5-6,8-11,19H,4,7,12-17H2,1H3. The molecule has 4 nitrogen and oxygen atoms in total. The molecule has 2 aromatic carbocycles. The van der Waals surface area contributed by atoms with E-state index in [0.717, 1.165) is 57.6 Å². The first-order valence-corrected chi connectivity index (χ1v) is 9.99. The number of rotatable bonds is 7. The third-order valence-corrected chi connectivity index (χ3v) is 5.91. The van der Waals surface area contributed by atoms with Crippen molar-refractivity contribution in [3.63, 3.8) is 0 Å². The van der Waals surface area contributed by atoms with Crippen molar-refractivity contribution in [1.29, 1.82) is 0 Å². The molecule has 2 aliphatic heterocycles. The summed E-state index contributed by atoms with van der Waals surface area (Å²) >= 11 is 0. The van der Waals surface area contributed by atoms with Gasteiger partial charge in [0.15, 0.2) is 0 Å². The third-order valence-electron chi connectivity index (χ3n) is 5.91. The van der Waals surface area contributed by atoms with Gasteiger partial charge in [0.05, 0.1) is 7.11 Å². The molecule has 1 saturated heterocycles. The van der Waals surface area contributed by atoms with E-state index in [1.807, 2.05) is 17.0 Å². The minimum absolute atomic E-state index is 0.331. The fourth-order valence-corrected chi connectivity index (χ4v) is 4.35. The molecule has 0 N–H and O–H groups in total. The summed E-state index contributed by atoms with van der Waals surface area (Å²) in [4.78, 5) is 16.5. The number of amides is 1. The molecule has 0 bridgehead atoms. The van der Waals surface area contributed by atoms with Gasteiger partial charge in [0, 0.05) is 44.2 Å².